The SMILES string of the molecule is O=C(NCC1CCC(Br)C1)c1c(F)cc(F)cc1F. The van der Waals surface area contributed by atoms with E-state index in [1.807, 2.05) is 0 Å². The van der Waals surface area contributed by atoms with Gasteiger partial charge in [-0.25, -0.2) is 13.2 Å². The largest absolute Gasteiger partial charge is 0.352 e. The second-order valence-electron chi connectivity index (χ2n) is 4.73. The maximum Gasteiger partial charge on any atom is 0.257 e. The highest BCUT2D eigenvalue weighted by Gasteiger charge is 2.24. The van der Waals surface area contributed by atoms with E-state index in [9.17, 15) is 18.0 Å². The zero-order valence-corrected chi connectivity index (χ0v) is 11.6. The van der Waals surface area contributed by atoms with Crippen LogP contribution in [0.15, 0.2) is 12.1 Å². The lowest BCUT2D eigenvalue weighted by atomic mass is 10.1. The van der Waals surface area contributed by atoms with Crippen LogP contribution in [0.3, 0.4) is 0 Å². The van der Waals surface area contributed by atoms with Crippen molar-refractivity contribution in [3.63, 3.8) is 0 Å². The van der Waals surface area contributed by atoms with Gasteiger partial charge in [0.05, 0.1) is 0 Å². The van der Waals surface area contributed by atoms with Crippen LogP contribution < -0.4 is 5.32 Å². The maximum atomic E-state index is 13.4. The van der Waals surface area contributed by atoms with Crippen LogP contribution in [0.1, 0.15) is 29.6 Å². The molecule has 0 bridgehead atoms. The fourth-order valence-corrected chi connectivity index (χ4v) is 3.08. The molecule has 0 aromatic heterocycles. The molecule has 1 aromatic rings. The summed E-state index contributed by atoms with van der Waals surface area (Å²) in [6, 6.07) is 1.00. The third kappa shape index (κ3) is 3.49. The smallest absolute Gasteiger partial charge is 0.257 e. The van der Waals surface area contributed by atoms with Crippen molar-refractivity contribution >= 4 is 21.8 Å². The second-order valence-corrected chi connectivity index (χ2v) is 6.03. The Labute approximate surface area is 117 Å². The molecule has 2 nitrogen and oxygen atoms in total. The van der Waals surface area contributed by atoms with Crippen LogP contribution in [-0.4, -0.2) is 17.3 Å². The predicted octanol–water partition coefficient (Wildman–Crippen LogP) is 3.40. The van der Waals surface area contributed by atoms with E-state index in [1.54, 1.807) is 0 Å². The van der Waals surface area contributed by atoms with E-state index in [1.165, 1.54) is 0 Å². The first-order chi connectivity index (χ1) is 8.97. The van der Waals surface area contributed by atoms with Crippen molar-refractivity contribution in [3.05, 3.63) is 35.1 Å². The summed E-state index contributed by atoms with van der Waals surface area (Å²) in [5.41, 5.74) is -0.727. The molecule has 6 heteroatoms. The van der Waals surface area contributed by atoms with Gasteiger partial charge in [0, 0.05) is 23.5 Å². The van der Waals surface area contributed by atoms with Crippen molar-refractivity contribution < 1.29 is 18.0 Å². The van der Waals surface area contributed by atoms with E-state index in [2.05, 4.69) is 21.2 Å². The standard InChI is InChI=1S/C13H13BrF3NO/c14-8-2-1-7(3-8)6-18-13(19)12-10(16)4-9(15)5-11(12)17/h4-5,7-8H,1-3,6H2,(H,18,19). The molecule has 0 heterocycles. The van der Waals surface area contributed by atoms with Crippen LogP contribution >= 0.6 is 15.9 Å². The monoisotopic (exact) mass is 335 g/mol. The van der Waals surface area contributed by atoms with Crippen molar-refractivity contribution in [1.82, 2.24) is 5.32 Å². The Kier molecular flexibility index (Phi) is 4.50. The van der Waals surface area contributed by atoms with Crippen molar-refractivity contribution in [2.75, 3.05) is 6.54 Å². The molecule has 1 N–H and O–H groups in total. The average molecular weight is 336 g/mol. The minimum absolute atomic E-state index is 0.305. The van der Waals surface area contributed by atoms with Gasteiger partial charge in [-0.1, -0.05) is 15.9 Å². The fourth-order valence-electron chi connectivity index (χ4n) is 2.28. The van der Waals surface area contributed by atoms with Gasteiger partial charge in [-0.2, -0.15) is 0 Å². The number of rotatable bonds is 3. The molecule has 0 saturated heterocycles. The molecule has 2 rings (SSSR count). The molecule has 1 saturated carbocycles. The van der Waals surface area contributed by atoms with Gasteiger partial charge in [0.1, 0.15) is 23.0 Å². The highest BCUT2D eigenvalue weighted by molar-refractivity contribution is 9.09. The molecule has 0 radical (unpaired) electrons. The molecule has 19 heavy (non-hydrogen) atoms. The van der Waals surface area contributed by atoms with Gasteiger partial charge in [0.15, 0.2) is 0 Å². The molecule has 2 unspecified atom stereocenters. The Hall–Kier alpha value is -1.04. The first-order valence-electron chi connectivity index (χ1n) is 6.04. The summed E-state index contributed by atoms with van der Waals surface area (Å²) >= 11 is 3.49. The topological polar surface area (TPSA) is 29.1 Å². The first kappa shape index (κ1) is 14.4. The third-order valence-electron chi connectivity index (χ3n) is 3.26. The average Bonchev–Trinajstić information content (AvgIpc) is 2.71. The zero-order chi connectivity index (χ0) is 14.0. The van der Waals surface area contributed by atoms with E-state index in [0.717, 1.165) is 19.3 Å². The van der Waals surface area contributed by atoms with Crippen molar-refractivity contribution in [1.29, 1.82) is 0 Å². The number of hydrogen-bond donors (Lipinski definition) is 1. The molecule has 1 fully saturated rings. The van der Waals surface area contributed by atoms with E-state index < -0.39 is 28.9 Å². The number of halogens is 4. The highest BCUT2D eigenvalue weighted by Crippen LogP contribution is 2.30. The first-order valence-corrected chi connectivity index (χ1v) is 6.95. The number of benzene rings is 1. The van der Waals surface area contributed by atoms with Gasteiger partial charge in [0.2, 0.25) is 0 Å². The summed E-state index contributed by atoms with van der Waals surface area (Å²) in [6.45, 7) is 0.372. The van der Waals surface area contributed by atoms with Crippen LogP contribution in [0, 0.1) is 23.4 Å². The minimum Gasteiger partial charge on any atom is -0.352 e. The molecule has 0 aliphatic heterocycles. The Morgan fingerprint density at radius 3 is 2.42 bits per heavy atom. The van der Waals surface area contributed by atoms with Crippen LogP contribution in [0.2, 0.25) is 0 Å². The molecule has 2 atom stereocenters. The molecule has 1 aromatic carbocycles. The Balaban J connectivity index is 2.00. The molecular formula is C13H13BrF3NO. The molecular weight excluding hydrogens is 323 g/mol. The van der Waals surface area contributed by atoms with Gasteiger partial charge in [-0.3, -0.25) is 4.79 Å². The summed E-state index contributed by atoms with van der Waals surface area (Å²) in [7, 11) is 0. The lowest BCUT2D eigenvalue weighted by molar-refractivity contribution is 0.0939. The lowest BCUT2D eigenvalue weighted by Gasteiger charge is -2.11. The van der Waals surface area contributed by atoms with E-state index in [4.69, 9.17) is 0 Å². The zero-order valence-electron chi connectivity index (χ0n) is 10.1. The lowest BCUT2D eigenvalue weighted by Crippen LogP contribution is -2.30. The highest BCUT2D eigenvalue weighted by atomic mass is 79.9. The number of alkyl halides is 1. The number of nitrogens with one attached hydrogen (secondary N) is 1. The van der Waals surface area contributed by atoms with Gasteiger partial charge in [-0.05, 0) is 25.2 Å². The summed E-state index contributed by atoms with van der Waals surface area (Å²) in [6.07, 6.45) is 2.92. The van der Waals surface area contributed by atoms with Gasteiger partial charge in [-0.15, -0.1) is 0 Å². The van der Waals surface area contributed by atoms with Crippen LogP contribution in [0.5, 0.6) is 0 Å². The number of hydrogen-bond acceptors (Lipinski definition) is 1. The van der Waals surface area contributed by atoms with E-state index >= 15 is 0 Å². The molecule has 1 amide bonds. The van der Waals surface area contributed by atoms with Crippen molar-refractivity contribution in [2.45, 2.75) is 24.1 Å². The molecule has 1 aliphatic rings. The summed E-state index contributed by atoms with van der Waals surface area (Å²) in [4.78, 5) is 12.1. The van der Waals surface area contributed by atoms with Crippen molar-refractivity contribution in [3.8, 4) is 0 Å². The van der Waals surface area contributed by atoms with Gasteiger partial charge < -0.3 is 5.32 Å². The quantitative estimate of drug-likeness (QED) is 0.843. The van der Waals surface area contributed by atoms with Crippen LogP contribution in [0.25, 0.3) is 0 Å². The Bertz CT molecular complexity index is 472. The van der Waals surface area contributed by atoms with E-state index in [-0.39, 0.29) is 0 Å². The minimum atomic E-state index is -1.18. The summed E-state index contributed by atoms with van der Waals surface area (Å²) in [5, 5.41) is 2.50. The Morgan fingerprint density at radius 2 is 1.89 bits per heavy atom. The fraction of sp³-hybridized carbons (Fsp3) is 0.462. The molecule has 104 valence electrons. The second kappa shape index (κ2) is 5.94. The number of amides is 1. The maximum absolute atomic E-state index is 13.4. The molecule has 1 aliphatic carbocycles. The number of carbonyl (C=O) groups excluding carboxylic acids is 1. The Morgan fingerprint density at radius 1 is 1.26 bits per heavy atom. The van der Waals surface area contributed by atoms with E-state index in [0.29, 0.717) is 29.4 Å². The predicted molar refractivity (Wildman–Crippen MR) is 68.7 cm³/mol. The number of carbonyl (C=O) groups is 1. The normalized spacial score (nSPS) is 22.5. The van der Waals surface area contributed by atoms with Crippen molar-refractivity contribution in [2.24, 2.45) is 5.92 Å². The van der Waals surface area contributed by atoms with Gasteiger partial charge in [0.25, 0.3) is 5.91 Å². The van der Waals surface area contributed by atoms with Gasteiger partial charge >= 0.3 is 0 Å². The summed E-state index contributed by atoms with van der Waals surface area (Å²) in [5.74, 6) is -3.93. The molecule has 0 spiro atoms. The third-order valence-corrected chi connectivity index (χ3v) is 4.09. The van der Waals surface area contributed by atoms with Crippen LogP contribution in [0.4, 0.5) is 13.2 Å². The summed E-state index contributed by atoms with van der Waals surface area (Å²) < 4.78 is 39.5. The van der Waals surface area contributed by atoms with Crippen LogP contribution in [-0.2, 0) is 0 Å².